The fourth-order valence-electron chi connectivity index (χ4n) is 0.425. The van der Waals surface area contributed by atoms with Crippen molar-refractivity contribution in [1.82, 2.24) is 0 Å². The Bertz CT molecular complexity index is 116. The highest BCUT2D eigenvalue weighted by Gasteiger charge is 2.05. The average Bonchev–Trinajstić information content (AvgIpc) is 1.82. The predicted octanol–water partition coefficient (Wildman–Crippen LogP) is 2.66. The number of halogens is 1. The van der Waals surface area contributed by atoms with Gasteiger partial charge in [0.15, 0.2) is 0 Å². The molecule has 0 aliphatic carbocycles. The van der Waals surface area contributed by atoms with Crippen LogP contribution in [0.3, 0.4) is 0 Å². The Labute approximate surface area is 62.6 Å². The summed E-state index contributed by atoms with van der Waals surface area (Å²) in [5, 5.41) is 0.242. The second kappa shape index (κ2) is 4.70. The van der Waals surface area contributed by atoms with Gasteiger partial charge < -0.3 is 0 Å². The van der Waals surface area contributed by atoms with Crippen LogP contribution in [0.15, 0.2) is 0 Å². The molecule has 0 nitrogen and oxygen atoms in total. The largest absolute Gasteiger partial charge is 0.123 e. The summed E-state index contributed by atoms with van der Waals surface area (Å²) in [5.41, 5.74) is 0. The average molecular weight is 145 g/mol. The van der Waals surface area contributed by atoms with Gasteiger partial charge in [0.25, 0.3) is 0 Å². The lowest BCUT2D eigenvalue weighted by molar-refractivity contribution is 0.589. The van der Waals surface area contributed by atoms with E-state index in [1.165, 1.54) is 0 Å². The first-order valence-electron chi connectivity index (χ1n) is 3.22. The van der Waals surface area contributed by atoms with Gasteiger partial charge in [0.05, 0.1) is 0 Å². The molecule has 0 fully saturated rings. The van der Waals surface area contributed by atoms with Crippen LogP contribution < -0.4 is 0 Å². The fraction of sp³-hybridized carbons (Fsp3) is 0.750. The molecule has 0 N–H and O–H groups in total. The van der Waals surface area contributed by atoms with Crippen molar-refractivity contribution in [2.75, 3.05) is 0 Å². The van der Waals surface area contributed by atoms with Crippen molar-refractivity contribution in [2.45, 2.75) is 32.6 Å². The molecule has 0 aromatic heterocycles. The zero-order valence-electron chi connectivity index (χ0n) is 6.24. The maximum atomic E-state index is 5.80. The minimum Gasteiger partial charge on any atom is -0.123 e. The van der Waals surface area contributed by atoms with Gasteiger partial charge in [-0.05, 0) is 19.8 Å². The molecule has 0 radical (unpaired) electrons. The summed E-state index contributed by atoms with van der Waals surface area (Å²) in [4.78, 5) is 0. The van der Waals surface area contributed by atoms with Crippen molar-refractivity contribution in [3.8, 4) is 11.8 Å². The van der Waals surface area contributed by atoms with Gasteiger partial charge in [-0.1, -0.05) is 6.92 Å². The van der Waals surface area contributed by atoms with Gasteiger partial charge in [-0.2, -0.15) is 0 Å². The highest BCUT2D eigenvalue weighted by Crippen LogP contribution is 2.11. The first kappa shape index (κ1) is 8.85. The summed E-state index contributed by atoms with van der Waals surface area (Å²) >= 11 is 5.80. The molecule has 2 unspecified atom stereocenters. The normalized spacial score (nSPS) is 15.6. The van der Waals surface area contributed by atoms with Crippen LogP contribution in [0.4, 0.5) is 0 Å². The first-order valence-corrected chi connectivity index (χ1v) is 3.65. The van der Waals surface area contributed by atoms with Gasteiger partial charge in [-0.25, -0.2) is 0 Å². The predicted molar refractivity (Wildman–Crippen MR) is 42.5 cm³/mol. The Balaban J connectivity index is 3.46. The third-order valence-electron chi connectivity index (χ3n) is 1.38. The molecule has 0 heterocycles. The fourth-order valence-corrected chi connectivity index (χ4v) is 0.515. The molecule has 0 rings (SSSR count). The molecule has 0 saturated heterocycles. The van der Waals surface area contributed by atoms with Gasteiger partial charge in [-0.3, -0.25) is 0 Å². The van der Waals surface area contributed by atoms with Crippen LogP contribution in [-0.2, 0) is 0 Å². The lowest BCUT2D eigenvalue weighted by Crippen LogP contribution is -2.04. The smallest absolute Gasteiger partial charge is 0.0342 e. The molecule has 1 heteroatoms. The van der Waals surface area contributed by atoms with Gasteiger partial charge >= 0.3 is 0 Å². The minimum atomic E-state index is 0.242. The van der Waals surface area contributed by atoms with Crippen molar-refractivity contribution in [2.24, 2.45) is 5.92 Å². The van der Waals surface area contributed by atoms with Crippen molar-refractivity contribution < 1.29 is 0 Å². The third kappa shape index (κ3) is 4.36. The monoisotopic (exact) mass is 144 g/mol. The van der Waals surface area contributed by atoms with Gasteiger partial charge in [-0.15, -0.1) is 23.4 Å². The molecule has 0 spiro atoms. The van der Waals surface area contributed by atoms with E-state index < -0.39 is 0 Å². The Morgan fingerprint density at radius 1 is 1.44 bits per heavy atom. The third-order valence-corrected chi connectivity index (χ3v) is 1.82. The van der Waals surface area contributed by atoms with Crippen LogP contribution in [0.5, 0.6) is 0 Å². The molecular weight excluding hydrogens is 132 g/mol. The van der Waals surface area contributed by atoms with Crippen molar-refractivity contribution in [1.29, 1.82) is 0 Å². The van der Waals surface area contributed by atoms with Crippen molar-refractivity contribution in [3.63, 3.8) is 0 Å². The molecule has 0 aromatic rings. The van der Waals surface area contributed by atoms with E-state index in [1.54, 1.807) is 0 Å². The summed E-state index contributed by atoms with van der Waals surface area (Å²) in [7, 11) is 0. The van der Waals surface area contributed by atoms with Gasteiger partial charge in [0.1, 0.15) is 0 Å². The summed E-state index contributed by atoms with van der Waals surface area (Å²) in [6.07, 6.45) is 0.918. The number of hydrogen-bond acceptors (Lipinski definition) is 0. The van der Waals surface area contributed by atoms with E-state index in [-0.39, 0.29) is 5.38 Å². The Hall–Kier alpha value is -0.150. The van der Waals surface area contributed by atoms with Crippen LogP contribution in [0, 0.1) is 17.8 Å². The van der Waals surface area contributed by atoms with Gasteiger partial charge in [0.2, 0.25) is 0 Å². The van der Waals surface area contributed by atoms with E-state index in [2.05, 4.69) is 18.8 Å². The summed E-state index contributed by atoms with van der Waals surface area (Å²) in [6, 6.07) is 0. The van der Waals surface area contributed by atoms with E-state index >= 15 is 0 Å². The maximum absolute atomic E-state index is 5.80. The first-order chi connectivity index (χ1) is 4.18. The van der Waals surface area contributed by atoms with Crippen molar-refractivity contribution in [3.05, 3.63) is 0 Å². The molecule has 0 bridgehead atoms. The highest BCUT2D eigenvalue weighted by atomic mass is 35.5. The molecule has 0 aliphatic heterocycles. The van der Waals surface area contributed by atoms with E-state index in [1.807, 2.05) is 13.8 Å². The molecular formula is C8H13Cl. The Morgan fingerprint density at radius 3 is 2.33 bits per heavy atom. The molecule has 9 heavy (non-hydrogen) atoms. The van der Waals surface area contributed by atoms with Crippen LogP contribution in [0.2, 0.25) is 0 Å². The Kier molecular flexibility index (Phi) is 4.62. The minimum absolute atomic E-state index is 0.242. The topological polar surface area (TPSA) is 0 Å². The maximum Gasteiger partial charge on any atom is 0.0342 e. The number of hydrogen-bond donors (Lipinski definition) is 0. The molecule has 0 saturated carbocycles. The van der Waals surface area contributed by atoms with Gasteiger partial charge in [0, 0.05) is 11.8 Å². The number of rotatable bonds is 2. The number of alkyl halides is 1. The zero-order chi connectivity index (χ0) is 7.28. The zero-order valence-corrected chi connectivity index (χ0v) is 7.00. The highest BCUT2D eigenvalue weighted by molar-refractivity contribution is 6.20. The summed E-state index contributed by atoms with van der Waals surface area (Å²) < 4.78 is 0. The van der Waals surface area contributed by atoms with Crippen LogP contribution in [0.1, 0.15) is 27.2 Å². The molecule has 0 aromatic carbocycles. The molecule has 0 aliphatic rings. The summed E-state index contributed by atoms with van der Waals surface area (Å²) in [6.45, 7) is 5.97. The van der Waals surface area contributed by atoms with E-state index in [0.717, 1.165) is 6.42 Å². The molecule has 52 valence electrons. The standard InChI is InChI=1S/C8H13Cl/c1-4-5-6-7(2)8(3)9/h7-8H,6H2,1-3H3. The van der Waals surface area contributed by atoms with Crippen LogP contribution >= 0.6 is 11.6 Å². The van der Waals surface area contributed by atoms with E-state index in [0.29, 0.717) is 5.92 Å². The summed E-state index contributed by atoms with van der Waals surface area (Å²) in [5.74, 6) is 6.35. The molecule has 0 amide bonds. The second-order valence-electron chi connectivity index (χ2n) is 2.29. The van der Waals surface area contributed by atoms with Crippen LogP contribution in [0.25, 0.3) is 0 Å². The van der Waals surface area contributed by atoms with Crippen molar-refractivity contribution >= 4 is 11.6 Å². The Morgan fingerprint density at radius 2 is 2.00 bits per heavy atom. The quantitative estimate of drug-likeness (QED) is 0.413. The molecule has 2 atom stereocenters. The van der Waals surface area contributed by atoms with E-state index in [4.69, 9.17) is 11.6 Å². The van der Waals surface area contributed by atoms with E-state index in [9.17, 15) is 0 Å². The SMILES string of the molecule is CC#CCC(C)C(C)Cl. The second-order valence-corrected chi connectivity index (χ2v) is 2.97. The lowest BCUT2D eigenvalue weighted by Gasteiger charge is -2.08. The van der Waals surface area contributed by atoms with Crippen LogP contribution in [-0.4, -0.2) is 5.38 Å². The lowest BCUT2D eigenvalue weighted by atomic mass is 10.1.